The lowest BCUT2D eigenvalue weighted by Crippen LogP contribution is -2.18. The van der Waals surface area contributed by atoms with Gasteiger partial charge in [0.05, 0.1) is 29.3 Å². The molecule has 1 aromatic rings. The molecule has 1 fully saturated rings. The molecule has 0 aromatic heterocycles. The minimum atomic E-state index is -0.570. The van der Waals surface area contributed by atoms with Crippen LogP contribution < -0.4 is 0 Å². The number of hydrogen-bond acceptors (Lipinski definition) is 6. The molecule has 0 radical (unpaired) electrons. The van der Waals surface area contributed by atoms with E-state index in [2.05, 4.69) is 0 Å². The highest BCUT2D eigenvalue weighted by atomic mass is 16.6. The summed E-state index contributed by atoms with van der Waals surface area (Å²) in [6.07, 6.45) is -0.367. The number of nitro benzene ring substituents is 1. The van der Waals surface area contributed by atoms with Crippen LogP contribution in [-0.4, -0.2) is 41.4 Å². The fourth-order valence-electron chi connectivity index (χ4n) is 1.77. The van der Waals surface area contributed by atoms with Crippen LogP contribution in [-0.2, 0) is 9.47 Å². The molecule has 0 saturated carbocycles. The lowest BCUT2D eigenvalue weighted by Gasteiger charge is -2.09. The number of nitro groups is 1. The molecule has 2 rings (SSSR count). The van der Waals surface area contributed by atoms with Gasteiger partial charge in [-0.3, -0.25) is 10.1 Å². The number of benzene rings is 1. The molecule has 0 amide bonds. The van der Waals surface area contributed by atoms with Gasteiger partial charge in [0, 0.05) is 18.6 Å². The summed E-state index contributed by atoms with van der Waals surface area (Å²) < 4.78 is 10.2. The summed E-state index contributed by atoms with van der Waals surface area (Å²) in [5, 5.41) is 19.7. The Bertz CT molecular complexity index is 472. The second-order valence-corrected chi connectivity index (χ2v) is 4.25. The van der Waals surface area contributed by atoms with E-state index in [4.69, 9.17) is 9.47 Å². The average molecular weight is 267 g/mol. The van der Waals surface area contributed by atoms with Crippen molar-refractivity contribution in [2.24, 2.45) is 0 Å². The second kappa shape index (κ2) is 5.77. The number of hydrogen-bond donors (Lipinski definition) is 1. The maximum absolute atomic E-state index is 11.7. The zero-order chi connectivity index (χ0) is 13.8. The maximum atomic E-state index is 11.7. The van der Waals surface area contributed by atoms with E-state index >= 15 is 0 Å². The number of rotatable bonds is 4. The third-order valence-corrected chi connectivity index (χ3v) is 2.77. The Morgan fingerprint density at radius 1 is 1.47 bits per heavy atom. The summed E-state index contributed by atoms with van der Waals surface area (Å²) in [7, 11) is 0. The number of ether oxygens (including phenoxy) is 2. The third kappa shape index (κ3) is 3.49. The quantitative estimate of drug-likeness (QED) is 0.494. The van der Waals surface area contributed by atoms with Crippen LogP contribution >= 0.6 is 0 Å². The normalized spacial score (nSPS) is 22.2. The molecule has 0 aliphatic carbocycles. The van der Waals surface area contributed by atoms with Gasteiger partial charge >= 0.3 is 5.97 Å². The van der Waals surface area contributed by atoms with E-state index in [1.54, 1.807) is 0 Å². The average Bonchev–Trinajstić information content (AvgIpc) is 2.82. The summed E-state index contributed by atoms with van der Waals surface area (Å²) in [4.78, 5) is 21.6. The minimum absolute atomic E-state index is 0.0624. The second-order valence-electron chi connectivity index (χ2n) is 4.25. The molecule has 0 bridgehead atoms. The highest BCUT2D eigenvalue weighted by Gasteiger charge is 2.25. The van der Waals surface area contributed by atoms with Crippen LogP contribution in [0.1, 0.15) is 16.8 Å². The number of esters is 1. The first-order chi connectivity index (χ1) is 9.06. The summed E-state index contributed by atoms with van der Waals surface area (Å²) in [6, 6.07) is 5.16. The molecule has 7 heteroatoms. The fourth-order valence-corrected chi connectivity index (χ4v) is 1.77. The Labute approximate surface area is 108 Å². The minimum Gasteiger partial charge on any atom is -0.459 e. The molecular weight excluding hydrogens is 254 g/mol. The van der Waals surface area contributed by atoms with E-state index in [0.29, 0.717) is 6.42 Å². The molecule has 1 heterocycles. The summed E-state index contributed by atoms with van der Waals surface area (Å²) in [5.74, 6) is -0.570. The molecule has 7 nitrogen and oxygen atoms in total. The van der Waals surface area contributed by atoms with Gasteiger partial charge in [-0.25, -0.2) is 4.79 Å². The van der Waals surface area contributed by atoms with Gasteiger partial charge in [-0.1, -0.05) is 0 Å². The Morgan fingerprint density at radius 2 is 2.16 bits per heavy atom. The number of aliphatic hydroxyl groups excluding tert-OH is 1. The van der Waals surface area contributed by atoms with Crippen molar-refractivity contribution in [3.63, 3.8) is 0 Å². The van der Waals surface area contributed by atoms with E-state index < -0.39 is 17.0 Å². The van der Waals surface area contributed by atoms with Crippen LogP contribution in [0.2, 0.25) is 0 Å². The standard InChI is InChI=1S/C12H13NO6/c14-10-5-11(18-6-10)7-19-12(15)8-1-3-9(4-2-8)13(16)17/h1-4,10-11,14H,5-7H2. The Morgan fingerprint density at radius 3 is 2.68 bits per heavy atom. The van der Waals surface area contributed by atoms with Crippen molar-refractivity contribution in [1.29, 1.82) is 0 Å². The van der Waals surface area contributed by atoms with Crippen LogP contribution in [0, 0.1) is 10.1 Å². The summed E-state index contributed by atoms with van der Waals surface area (Å²) >= 11 is 0. The largest absolute Gasteiger partial charge is 0.459 e. The van der Waals surface area contributed by atoms with E-state index in [0.717, 1.165) is 0 Å². The van der Waals surface area contributed by atoms with Gasteiger partial charge in [0.15, 0.2) is 0 Å². The van der Waals surface area contributed by atoms with Crippen molar-refractivity contribution in [2.75, 3.05) is 13.2 Å². The van der Waals surface area contributed by atoms with E-state index in [-0.39, 0.29) is 30.6 Å². The Kier molecular flexibility index (Phi) is 4.08. The van der Waals surface area contributed by atoms with Crippen molar-refractivity contribution >= 4 is 11.7 Å². The highest BCUT2D eigenvalue weighted by Crippen LogP contribution is 2.15. The molecule has 1 N–H and O–H groups in total. The first kappa shape index (κ1) is 13.4. The van der Waals surface area contributed by atoms with Crippen molar-refractivity contribution in [3.8, 4) is 0 Å². The van der Waals surface area contributed by atoms with E-state index in [1.807, 2.05) is 0 Å². The molecule has 2 unspecified atom stereocenters. The SMILES string of the molecule is O=C(OCC1CC(O)CO1)c1ccc([N+](=O)[O-])cc1. The van der Waals surface area contributed by atoms with Crippen LogP contribution in [0.4, 0.5) is 5.69 Å². The van der Waals surface area contributed by atoms with Gasteiger partial charge in [0.25, 0.3) is 5.69 Å². The lowest BCUT2D eigenvalue weighted by atomic mass is 10.2. The van der Waals surface area contributed by atoms with E-state index in [9.17, 15) is 20.0 Å². The van der Waals surface area contributed by atoms with Gasteiger partial charge in [-0.2, -0.15) is 0 Å². The van der Waals surface area contributed by atoms with Crippen LogP contribution in [0.15, 0.2) is 24.3 Å². The molecule has 1 aromatic carbocycles. The Hall–Kier alpha value is -1.99. The zero-order valence-corrected chi connectivity index (χ0v) is 10.0. The van der Waals surface area contributed by atoms with Crippen LogP contribution in [0.3, 0.4) is 0 Å². The van der Waals surface area contributed by atoms with Crippen LogP contribution in [0.25, 0.3) is 0 Å². The van der Waals surface area contributed by atoms with Crippen molar-refractivity contribution in [2.45, 2.75) is 18.6 Å². The fraction of sp³-hybridized carbons (Fsp3) is 0.417. The van der Waals surface area contributed by atoms with Gasteiger partial charge in [0.1, 0.15) is 6.61 Å². The first-order valence-electron chi connectivity index (χ1n) is 5.77. The molecule has 0 spiro atoms. The van der Waals surface area contributed by atoms with Gasteiger partial charge < -0.3 is 14.6 Å². The third-order valence-electron chi connectivity index (χ3n) is 2.77. The van der Waals surface area contributed by atoms with E-state index in [1.165, 1.54) is 24.3 Å². The number of carbonyl (C=O) groups is 1. The van der Waals surface area contributed by atoms with Gasteiger partial charge in [-0.15, -0.1) is 0 Å². The molecule has 19 heavy (non-hydrogen) atoms. The molecular formula is C12H13NO6. The molecule has 1 saturated heterocycles. The van der Waals surface area contributed by atoms with Gasteiger partial charge in [0.2, 0.25) is 0 Å². The van der Waals surface area contributed by atoms with Crippen molar-refractivity contribution in [3.05, 3.63) is 39.9 Å². The maximum Gasteiger partial charge on any atom is 0.338 e. The number of nitrogens with zero attached hydrogens (tertiary/aromatic N) is 1. The highest BCUT2D eigenvalue weighted by molar-refractivity contribution is 5.89. The number of non-ortho nitro benzene ring substituents is 1. The smallest absolute Gasteiger partial charge is 0.338 e. The molecule has 1 aliphatic heterocycles. The summed E-state index contributed by atoms with van der Waals surface area (Å²) in [6.45, 7) is 0.312. The predicted octanol–water partition coefficient (Wildman–Crippen LogP) is 0.901. The molecule has 1 aliphatic rings. The van der Waals surface area contributed by atoms with Crippen molar-refractivity contribution < 1.29 is 24.3 Å². The molecule has 102 valence electrons. The predicted molar refractivity (Wildman–Crippen MR) is 63.7 cm³/mol. The Balaban J connectivity index is 1.87. The first-order valence-corrected chi connectivity index (χ1v) is 5.77. The van der Waals surface area contributed by atoms with Crippen LogP contribution in [0.5, 0.6) is 0 Å². The summed E-state index contributed by atoms with van der Waals surface area (Å²) in [5.41, 5.74) is 0.156. The van der Waals surface area contributed by atoms with Crippen molar-refractivity contribution in [1.82, 2.24) is 0 Å². The monoisotopic (exact) mass is 267 g/mol. The number of carbonyl (C=O) groups excluding carboxylic acids is 1. The lowest BCUT2D eigenvalue weighted by molar-refractivity contribution is -0.384. The topological polar surface area (TPSA) is 98.9 Å². The molecule has 2 atom stereocenters. The number of aliphatic hydroxyl groups is 1. The zero-order valence-electron chi connectivity index (χ0n) is 10.0. The van der Waals surface area contributed by atoms with Gasteiger partial charge in [-0.05, 0) is 12.1 Å².